The van der Waals surface area contributed by atoms with Crippen molar-refractivity contribution in [3.8, 4) is 5.75 Å². The van der Waals surface area contributed by atoms with Gasteiger partial charge in [-0.15, -0.1) is 0 Å². The first-order valence-electron chi connectivity index (χ1n) is 5.62. The van der Waals surface area contributed by atoms with Crippen molar-refractivity contribution in [3.05, 3.63) is 29.6 Å². The molecule has 3 nitrogen and oxygen atoms in total. The van der Waals surface area contributed by atoms with Crippen LogP contribution >= 0.6 is 0 Å². The molecule has 0 heterocycles. The fourth-order valence-electron chi connectivity index (χ4n) is 1.41. The molecule has 1 aromatic rings. The molecule has 0 fully saturated rings. The second-order valence-electron chi connectivity index (χ2n) is 3.99. The van der Waals surface area contributed by atoms with E-state index >= 15 is 0 Å². The number of hydrogen-bond donors (Lipinski definition) is 1. The van der Waals surface area contributed by atoms with Crippen molar-refractivity contribution in [1.29, 1.82) is 0 Å². The van der Waals surface area contributed by atoms with Crippen LogP contribution in [0.5, 0.6) is 5.75 Å². The zero-order valence-corrected chi connectivity index (χ0v) is 10.3. The van der Waals surface area contributed by atoms with E-state index in [1.807, 2.05) is 0 Å². The van der Waals surface area contributed by atoms with Gasteiger partial charge in [-0.25, -0.2) is 4.39 Å². The summed E-state index contributed by atoms with van der Waals surface area (Å²) in [6.45, 7) is 0.0540. The third-order valence-corrected chi connectivity index (χ3v) is 2.21. The predicted molar refractivity (Wildman–Crippen MR) is 61.4 cm³/mol. The first-order valence-corrected chi connectivity index (χ1v) is 5.62. The fourth-order valence-corrected chi connectivity index (χ4v) is 1.41. The van der Waals surface area contributed by atoms with Crippen LogP contribution in [0.3, 0.4) is 0 Å². The Morgan fingerprint density at radius 1 is 1.26 bits per heavy atom. The van der Waals surface area contributed by atoms with Crippen LogP contribution in [0.25, 0.3) is 0 Å². The highest BCUT2D eigenvalue weighted by atomic mass is 19.4. The second kappa shape index (κ2) is 6.72. The van der Waals surface area contributed by atoms with Gasteiger partial charge >= 0.3 is 6.18 Å². The summed E-state index contributed by atoms with van der Waals surface area (Å²) in [5.41, 5.74) is 6.10. The van der Waals surface area contributed by atoms with Crippen molar-refractivity contribution in [1.82, 2.24) is 0 Å². The maximum atomic E-state index is 13.0. The molecule has 1 rings (SSSR count). The van der Waals surface area contributed by atoms with Gasteiger partial charge in [-0.05, 0) is 25.1 Å². The summed E-state index contributed by atoms with van der Waals surface area (Å²) in [4.78, 5) is 0. The van der Waals surface area contributed by atoms with Crippen molar-refractivity contribution in [2.24, 2.45) is 5.73 Å². The molecular weight excluding hydrogens is 266 g/mol. The van der Waals surface area contributed by atoms with E-state index < -0.39 is 24.6 Å². The van der Waals surface area contributed by atoms with E-state index in [4.69, 9.17) is 10.5 Å². The first kappa shape index (κ1) is 15.7. The molecule has 108 valence electrons. The molecule has 7 heteroatoms. The molecule has 0 saturated heterocycles. The second-order valence-corrected chi connectivity index (χ2v) is 3.99. The SMILES string of the molecule is CC(N)c1cc(F)ccc1OCCOCC(F)(F)F. The van der Waals surface area contributed by atoms with Crippen molar-refractivity contribution in [2.45, 2.75) is 19.1 Å². The molecule has 0 spiro atoms. The van der Waals surface area contributed by atoms with Crippen LogP contribution in [0.4, 0.5) is 17.6 Å². The Balaban J connectivity index is 2.45. The minimum absolute atomic E-state index is 0.0680. The number of ether oxygens (including phenoxy) is 2. The van der Waals surface area contributed by atoms with Gasteiger partial charge in [0.2, 0.25) is 0 Å². The van der Waals surface area contributed by atoms with E-state index in [-0.39, 0.29) is 13.2 Å². The molecule has 1 aromatic carbocycles. The Kier molecular flexibility index (Phi) is 5.56. The topological polar surface area (TPSA) is 44.5 Å². The molecule has 0 amide bonds. The molecule has 19 heavy (non-hydrogen) atoms. The van der Waals surface area contributed by atoms with Gasteiger partial charge in [-0.2, -0.15) is 13.2 Å². The van der Waals surface area contributed by atoms with Crippen molar-refractivity contribution in [3.63, 3.8) is 0 Å². The Morgan fingerprint density at radius 2 is 1.95 bits per heavy atom. The molecule has 1 atom stereocenters. The smallest absolute Gasteiger partial charge is 0.411 e. The first-order chi connectivity index (χ1) is 8.79. The lowest BCUT2D eigenvalue weighted by Crippen LogP contribution is -2.19. The summed E-state index contributed by atoms with van der Waals surface area (Å²) < 4.78 is 58.0. The van der Waals surface area contributed by atoms with Crippen LogP contribution in [0.1, 0.15) is 18.5 Å². The highest BCUT2D eigenvalue weighted by molar-refractivity contribution is 5.36. The molecule has 2 N–H and O–H groups in total. The van der Waals surface area contributed by atoms with Gasteiger partial charge < -0.3 is 15.2 Å². The summed E-state index contributed by atoms with van der Waals surface area (Å²) in [5.74, 6) is -0.111. The number of hydrogen-bond acceptors (Lipinski definition) is 3. The van der Waals surface area contributed by atoms with Gasteiger partial charge in [0.1, 0.15) is 24.8 Å². The normalized spacial score (nSPS) is 13.4. The van der Waals surface area contributed by atoms with E-state index in [9.17, 15) is 17.6 Å². The van der Waals surface area contributed by atoms with Gasteiger partial charge in [-0.1, -0.05) is 0 Å². The molecule has 0 radical (unpaired) electrons. The molecular formula is C12H15F4NO2. The van der Waals surface area contributed by atoms with Crippen molar-refractivity contribution < 1.29 is 27.0 Å². The molecule has 0 aliphatic rings. The molecule has 0 aromatic heterocycles. The Bertz CT molecular complexity index is 407. The highest BCUT2D eigenvalue weighted by Gasteiger charge is 2.27. The largest absolute Gasteiger partial charge is 0.491 e. The Hall–Kier alpha value is -1.34. The maximum absolute atomic E-state index is 13.0. The monoisotopic (exact) mass is 281 g/mol. The molecule has 0 aliphatic heterocycles. The van der Waals surface area contributed by atoms with Gasteiger partial charge in [-0.3, -0.25) is 0 Å². The van der Waals surface area contributed by atoms with Crippen LogP contribution < -0.4 is 10.5 Å². The van der Waals surface area contributed by atoms with E-state index in [0.29, 0.717) is 11.3 Å². The lowest BCUT2D eigenvalue weighted by Gasteiger charge is -2.14. The number of halogens is 4. The van der Waals surface area contributed by atoms with Gasteiger partial charge in [0, 0.05) is 11.6 Å². The third-order valence-electron chi connectivity index (χ3n) is 2.21. The number of rotatable bonds is 6. The molecule has 0 bridgehead atoms. The van der Waals surface area contributed by atoms with Crippen LogP contribution in [0, 0.1) is 5.82 Å². The number of benzene rings is 1. The zero-order chi connectivity index (χ0) is 14.5. The Morgan fingerprint density at radius 3 is 2.53 bits per heavy atom. The minimum atomic E-state index is -4.35. The predicted octanol–water partition coefficient (Wildman–Crippen LogP) is 2.80. The van der Waals surface area contributed by atoms with Crippen LogP contribution in [-0.2, 0) is 4.74 Å². The maximum Gasteiger partial charge on any atom is 0.411 e. The van der Waals surface area contributed by atoms with E-state index in [2.05, 4.69) is 4.74 Å². The fraction of sp³-hybridized carbons (Fsp3) is 0.500. The van der Waals surface area contributed by atoms with Gasteiger partial charge in [0.05, 0.1) is 6.61 Å². The molecule has 0 saturated carbocycles. The van der Waals surface area contributed by atoms with E-state index in [0.717, 1.165) is 0 Å². The van der Waals surface area contributed by atoms with Crippen LogP contribution in [0.15, 0.2) is 18.2 Å². The summed E-state index contributed by atoms with van der Waals surface area (Å²) >= 11 is 0. The Labute approximate surface area is 108 Å². The average molecular weight is 281 g/mol. The quantitative estimate of drug-likeness (QED) is 0.644. The van der Waals surface area contributed by atoms with Crippen LogP contribution in [0.2, 0.25) is 0 Å². The van der Waals surface area contributed by atoms with E-state index in [1.54, 1.807) is 6.92 Å². The minimum Gasteiger partial charge on any atom is -0.491 e. The summed E-state index contributed by atoms with van der Waals surface area (Å²) in [7, 11) is 0. The average Bonchev–Trinajstić information content (AvgIpc) is 2.28. The van der Waals surface area contributed by atoms with Crippen LogP contribution in [-0.4, -0.2) is 26.0 Å². The lowest BCUT2D eigenvalue weighted by molar-refractivity contribution is -0.175. The molecule has 1 unspecified atom stereocenters. The summed E-state index contributed by atoms with van der Waals surface area (Å²) in [5, 5.41) is 0. The standard InChI is InChI=1S/C12H15F4NO2/c1-8(17)10-6-9(13)2-3-11(10)19-5-4-18-7-12(14,15)16/h2-3,6,8H,4-5,7,17H2,1H3. The third kappa shape index (κ3) is 5.89. The zero-order valence-electron chi connectivity index (χ0n) is 10.3. The van der Waals surface area contributed by atoms with Crippen molar-refractivity contribution >= 4 is 0 Å². The van der Waals surface area contributed by atoms with Gasteiger partial charge in [0.15, 0.2) is 0 Å². The van der Waals surface area contributed by atoms with E-state index in [1.165, 1.54) is 18.2 Å². The lowest BCUT2D eigenvalue weighted by atomic mass is 10.1. The molecule has 0 aliphatic carbocycles. The summed E-state index contributed by atoms with van der Waals surface area (Å²) in [6, 6.07) is 3.37. The highest BCUT2D eigenvalue weighted by Crippen LogP contribution is 2.24. The van der Waals surface area contributed by atoms with Gasteiger partial charge in [0.25, 0.3) is 0 Å². The summed E-state index contributed by atoms with van der Waals surface area (Å²) in [6.07, 6.45) is -4.35. The van der Waals surface area contributed by atoms with Crippen molar-refractivity contribution in [2.75, 3.05) is 19.8 Å². The number of alkyl halides is 3. The number of nitrogens with two attached hydrogens (primary N) is 1.